The van der Waals surface area contributed by atoms with Crippen molar-refractivity contribution in [1.29, 1.82) is 0 Å². The Kier molecular flexibility index (Phi) is 4.67. The molecule has 0 radical (unpaired) electrons. The predicted octanol–water partition coefficient (Wildman–Crippen LogP) is 2.50. The molecule has 2 aromatic rings. The summed E-state index contributed by atoms with van der Waals surface area (Å²) in [5, 5.41) is 14.2. The SMILES string of the molecule is O=[N+]([O-])c1[nH]cnc1NCCN=Cc1ccc(Cl)cc1. The number of hydrogen-bond acceptors (Lipinski definition) is 5. The molecule has 104 valence electrons. The first-order valence-corrected chi connectivity index (χ1v) is 6.21. The molecule has 0 bridgehead atoms. The number of aromatic nitrogens is 2. The minimum atomic E-state index is -0.522. The second-order valence-electron chi connectivity index (χ2n) is 3.87. The Morgan fingerprint density at radius 2 is 2.20 bits per heavy atom. The summed E-state index contributed by atoms with van der Waals surface area (Å²) in [4.78, 5) is 20.6. The molecule has 2 N–H and O–H groups in total. The van der Waals surface area contributed by atoms with Gasteiger partial charge in [-0.3, -0.25) is 4.99 Å². The van der Waals surface area contributed by atoms with Gasteiger partial charge < -0.3 is 15.4 Å². The number of H-pyrrole nitrogens is 1. The predicted molar refractivity (Wildman–Crippen MR) is 77.6 cm³/mol. The first-order valence-electron chi connectivity index (χ1n) is 5.84. The van der Waals surface area contributed by atoms with Crippen molar-refractivity contribution in [2.45, 2.75) is 0 Å². The van der Waals surface area contributed by atoms with Crippen molar-refractivity contribution in [3.63, 3.8) is 0 Å². The molecule has 0 aliphatic heterocycles. The monoisotopic (exact) mass is 293 g/mol. The Labute approximate surface area is 119 Å². The summed E-state index contributed by atoms with van der Waals surface area (Å²) in [7, 11) is 0. The number of aliphatic imine (C=N–C) groups is 1. The summed E-state index contributed by atoms with van der Waals surface area (Å²) < 4.78 is 0. The molecule has 1 aromatic carbocycles. The van der Waals surface area contributed by atoms with E-state index in [1.807, 2.05) is 12.1 Å². The van der Waals surface area contributed by atoms with Crippen molar-refractivity contribution in [2.75, 3.05) is 18.4 Å². The Hall–Kier alpha value is -2.41. The lowest BCUT2D eigenvalue weighted by atomic mass is 10.2. The van der Waals surface area contributed by atoms with Gasteiger partial charge in [0.2, 0.25) is 5.82 Å². The van der Waals surface area contributed by atoms with Gasteiger partial charge in [0.15, 0.2) is 6.33 Å². The number of hydrogen-bond donors (Lipinski definition) is 2. The van der Waals surface area contributed by atoms with Crippen LogP contribution in [-0.4, -0.2) is 34.2 Å². The zero-order chi connectivity index (χ0) is 14.4. The molecule has 0 amide bonds. The van der Waals surface area contributed by atoms with Gasteiger partial charge in [-0.15, -0.1) is 0 Å². The molecule has 2 rings (SSSR count). The van der Waals surface area contributed by atoms with Crippen molar-refractivity contribution < 1.29 is 4.92 Å². The van der Waals surface area contributed by atoms with E-state index >= 15 is 0 Å². The number of nitro groups is 1. The van der Waals surface area contributed by atoms with Crippen molar-refractivity contribution in [3.8, 4) is 0 Å². The van der Waals surface area contributed by atoms with Crippen LogP contribution in [-0.2, 0) is 0 Å². The lowest BCUT2D eigenvalue weighted by Gasteiger charge is -2.00. The van der Waals surface area contributed by atoms with Gasteiger partial charge in [0.25, 0.3) is 0 Å². The van der Waals surface area contributed by atoms with E-state index < -0.39 is 4.92 Å². The molecule has 0 aliphatic rings. The fourth-order valence-electron chi connectivity index (χ4n) is 1.51. The van der Waals surface area contributed by atoms with Crippen LogP contribution in [0.1, 0.15) is 5.56 Å². The van der Waals surface area contributed by atoms with E-state index in [1.165, 1.54) is 6.33 Å². The zero-order valence-electron chi connectivity index (χ0n) is 10.4. The first kappa shape index (κ1) is 14.0. The maximum Gasteiger partial charge on any atom is 0.364 e. The van der Waals surface area contributed by atoms with Crippen molar-refractivity contribution in [2.24, 2.45) is 4.99 Å². The molecule has 0 aliphatic carbocycles. The Morgan fingerprint density at radius 3 is 2.90 bits per heavy atom. The van der Waals surface area contributed by atoms with Crippen molar-refractivity contribution in [3.05, 3.63) is 51.3 Å². The van der Waals surface area contributed by atoms with Gasteiger partial charge in [-0.05, 0) is 22.6 Å². The number of nitrogens with zero attached hydrogens (tertiary/aromatic N) is 3. The molecular weight excluding hydrogens is 282 g/mol. The highest BCUT2D eigenvalue weighted by atomic mass is 35.5. The summed E-state index contributed by atoms with van der Waals surface area (Å²) in [6.07, 6.45) is 2.99. The van der Waals surface area contributed by atoms with E-state index in [2.05, 4.69) is 20.3 Å². The third kappa shape index (κ3) is 3.79. The van der Waals surface area contributed by atoms with Crippen molar-refractivity contribution >= 4 is 29.5 Å². The Morgan fingerprint density at radius 1 is 1.45 bits per heavy atom. The topological polar surface area (TPSA) is 96.2 Å². The van der Waals surface area contributed by atoms with Crippen LogP contribution in [0.25, 0.3) is 0 Å². The van der Waals surface area contributed by atoms with E-state index in [0.717, 1.165) is 5.56 Å². The molecule has 0 spiro atoms. The Balaban J connectivity index is 1.80. The number of anilines is 1. The number of aromatic amines is 1. The second-order valence-corrected chi connectivity index (χ2v) is 4.31. The van der Waals surface area contributed by atoms with Crippen LogP contribution in [0, 0.1) is 10.1 Å². The quantitative estimate of drug-likeness (QED) is 0.370. The van der Waals surface area contributed by atoms with Gasteiger partial charge in [-0.25, -0.2) is 4.98 Å². The van der Waals surface area contributed by atoms with Gasteiger partial charge >= 0.3 is 5.82 Å². The fraction of sp³-hybridized carbons (Fsp3) is 0.167. The molecule has 0 saturated heterocycles. The van der Waals surface area contributed by atoms with E-state index in [4.69, 9.17) is 11.6 Å². The number of rotatable bonds is 6. The summed E-state index contributed by atoms with van der Waals surface area (Å²) in [5.41, 5.74) is 0.945. The van der Waals surface area contributed by atoms with Crippen LogP contribution in [0.4, 0.5) is 11.6 Å². The number of halogens is 1. The third-order valence-electron chi connectivity index (χ3n) is 2.45. The van der Waals surface area contributed by atoms with E-state index in [1.54, 1.807) is 18.3 Å². The lowest BCUT2D eigenvalue weighted by Crippen LogP contribution is -2.07. The molecule has 1 aromatic heterocycles. The van der Waals surface area contributed by atoms with E-state index in [-0.39, 0.29) is 11.6 Å². The van der Waals surface area contributed by atoms with Gasteiger partial charge in [0.1, 0.15) is 0 Å². The first-order chi connectivity index (χ1) is 9.66. The van der Waals surface area contributed by atoms with Crippen LogP contribution in [0.5, 0.6) is 0 Å². The van der Waals surface area contributed by atoms with Crippen LogP contribution in [0.15, 0.2) is 35.6 Å². The average molecular weight is 294 g/mol. The van der Waals surface area contributed by atoms with Gasteiger partial charge in [0, 0.05) is 17.8 Å². The second kappa shape index (κ2) is 6.67. The molecule has 0 saturated carbocycles. The van der Waals surface area contributed by atoms with Crippen molar-refractivity contribution in [1.82, 2.24) is 9.97 Å². The standard InChI is InChI=1S/C12H12ClN5O2/c13-10-3-1-9(2-4-10)7-14-5-6-15-11-12(18(19)20)17-8-16-11/h1-4,7-8,15H,5-6H2,(H,16,17). The highest BCUT2D eigenvalue weighted by Crippen LogP contribution is 2.17. The largest absolute Gasteiger partial charge is 0.364 e. The van der Waals surface area contributed by atoms with Gasteiger partial charge in [0.05, 0.1) is 6.54 Å². The maximum absolute atomic E-state index is 10.6. The van der Waals surface area contributed by atoms with E-state index in [0.29, 0.717) is 18.1 Å². The lowest BCUT2D eigenvalue weighted by molar-refractivity contribution is -0.388. The summed E-state index contributed by atoms with van der Waals surface area (Å²) in [6, 6.07) is 7.29. The smallest absolute Gasteiger partial charge is 0.361 e. The summed E-state index contributed by atoms with van der Waals surface area (Å²) >= 11 is 5.77. The normalized spacial score (nSPS) is 10.8. The third-order valence-corrected chi connectivity index (χ3v) is 2.70. The molecule has 0 atom stereocenters. The Bertz CT molecular complexity index is 609. The molecule has 1 heterocycles. The van der Waals surface area contributed by atoms with Crippen LogP contribution < -0.4 is 5.32 Å². The van der Waals surface area contributed by atoms with Crippen LogP contribution in [0.2, 0.25) is 5.02 Å². The molecule has 0 unspecified atom stereocenters. The average Bonchev–Trinajstić information content (AvgIpc) is 2.89. The molecule has 20 heavy (non-hydrogen) atoms. The highest BCUT2D eigenvalue weighted by molar-refractivity contribution is 6.30. The minimum absolute atomic E-state index is 0.147. The number of nitrogens with one attached hydrogen (secondary N) is 2. The number of imidazole rings is 1. The van der Waals surface area contributed by atoms with Crippen LogP contribution >= 0.6 is 11.6 Å². The summed E-state index contributed by atoms with van der Waals surface area (Å²) in [6.45, 7) is 0.933. The maximum atomic E-state index is 10.6. The molecule has 7 nitrogen and oxygen atoms in total. The van der Waals surface area contributed by atoms with Gasteiger partial charge in [-0.1, -0.05) is 23.7 Å². The number of benzene rings is 1. The highest BCUT2D eigenvalue weighted by Gasteiger charge is 2.13. The molecule has 0 fully saturated rings. The van der Waals surface area contributed by atoms with Crippen LogP contribution in [0.3, 0.4) is 0 Å². The molecule has 8 heteroatoms. The zero-order valence-corrected chi connectivity index (χ0v) is 11.2. The summed E-state index contributed by atoms with van der Waals surface area (Å²) in [5.74, 6) is 0.0726. The van der Waals surface area contributed by atoms with E-state index in [9.17, 15) is 10.1 Å². The fourth-order valence-corrected chi connectivity index (χ4v) is 1.64. The molecular formula is C12H12ClN5O2. The van der Waals surface area contributed by atoms with Gasteiger partial charge in [-0.2, -0.15) is 4.98 Å². The minimum Gasteiger partial charge on any atom is -0.361 e.